The Morgan fingerprint density at radius 3 is 2.23 bits per heavy atom. The van der Waals surface area contributed by atoms with Crippen molar-refractivity contribution in [3.05, 3.63) is 107 Å². The van der Waals surface area contributed by atoms with Crippen molar-refractivity contribution in [3.63, 3.8) is 0 Å². The summed E-state index contributed by atoms with van der Waals surface area (Å²) in [5, 5.41) is 19.3. The van der Waals surface area contributed by atoms with Crippen molar-refractivity contribution in [1.82, 2.24) is 14.5 Å². The molecule has 1 fully saturated rings. The predicted molar refractivity (Wildman–Crippen MR) is 161 cm³/mol. The third-order valence-corrected chi connectivity index (χ3v) is 7.85. The summed E-state index contributed by atoms with van der Waals surface area (Å²) in [5.41, 5.74) is 4.28. The van der Waals surface area contributed by atoms with Gasteiger partial charge in [0.2, 0.25) is 0 Å². The van der Waals surface area contributed by atoms with E-state index in [-0.39, 0.29) is 17.7 Å². The Morgan fingerprint density at radius 1 is 0.791 bits per heavy atom. The van der Waals surface area contributed by atoms with E-state index < -0.39 is 11.9 Å². The fourth-order valence-corrected chi connectivity index (χ4v) is 5.62. The van der Waals surface area contributed by atoms with Gasteiger partial charge < -0.3 is 24.3 Å². The Balaban J connectivity index is 1.20. The van der Waals surface area contributed by atoms with Gasteiger partial charge in [-0.2, -0.15) is 0 Å². The first-order valence-electron chi connectivity index (χ1n) is 14.3. The van der Waals surface area contributed by atoms with E-state index >= 15 is 0 Å². The Kier molecular flexibility index (Phi) is 8.04. The Labute approximate surface area is 248 Å². The van der Waals surface area contributed by atoms with E-state index in [1.54, 1.807) is 36.7 Å². The third-order valence-electron chi connectivity index (χ3n) is 7.85. The molecule has 2 heterocycles. The summed E-state index contributed by atoms with van der Waals surface area (Å²) in [7, 11) is 0. The number of carbonyl (C=O) groups is 2. The molecule has 218 valence electrons. The van der Waals surface area contributed by atoms with Gasteiger partial charge in [-0.25, -0.2) is 14.6 Å². The van der Waals surface area contributed by atoms with Gasteiger partial charge in [-0.15, -0.1) is 0 Å². The van der Waals surface area contributed by atoms with E-state index in [2.05, 4.69) is 9.55 Å². The second kappa shape index (κ2) is 12.4. The number of aromatic nitrogens is 3. The van der Waals surface area contributed by atoms with Crippen LogP contribution in [0.15, 0.2) is 85.2 Å². The van der Waals surface area contributed by atoms with Crippen LogP contribution in [0.4, 0.5) is 0 Å². The van der Waals surface area contributed by atoms with Gasteiger partial charge in [-0.1, -0.05) is 25.3 Å². The molecule has 0 spiro atoms. The highest BCUT2D eigenvalue weighted by atomic mass is 16.5. The topological polar surface area (TPSA) is 124 Å². The maximum atomic E-state index is 12.0. The predicted octanol–water partition coefficient (Wildman–Crippen LogP) is 7.16. The highest BCUT2D eigenvalue weighted by Gasteiger charge is 2.23. The molecule has 2 aromatic heterocycles. The van der Waals surface area contributed by atoms with E-state index in [9.17, 15) is 19.8 Å². The minimum absolute atomic E-state index is 0.0736. The lowest BCUT2D eigenvalue weighted by Gasteiger charge is -2.25. The minimum atomic E-state index is -1.06. The maximum absolute atomic E-state index is 12.0. The molecule has 2 N–H and O–H groups in total. The zero-order chi connectivity index (χ0) is 29.8. The van der Waals surface area contributed by atoms with Crippen LogP contribution in [0.2, 0.25) is 0 Å². The van der Waals surface area contributed by atoms with Gasteiger partial charge in [0.05, 0.1) is 22.2 Å². The Hall–Kier alpha value is -5.18. The van der Waals surface area contributed by atoms with E-state index in [0.29, 0.717) is 35.2 Å². The van der Waals surface area contributed by atoms with Crippen molar-refractivity contribution in [1.29, 1.82) is 0 Å². The molecule has 0 saturated heterocycles. The molecule has 0 radical (unpaired) electrons. The van der Waals surface area contributed by atoms with Gasteiger partial charge >= 0.3 is 11.9 Å². The molecule has 0 aliphatic heterocycles. The lowest BCUT2D eigenvalue weighted by Crippen LogP contribution is -2.14. The lowest BCUT2D eigenvalue weighted by atomic mass is 9.95. The Bertz CT molecular complexity index is 1760. The Morgan fingerprint density at radius 2 is 1.51 bits per heavy atom. The molecule has 0 atom stereocenters. The number of ether oxygens (including phenoxy) is 2. The first kappa shape index (κ1) is 28.0. The van der Waals surface area contributed by atoms with Gasteiger partial charge in [0, 0.05) is 29.6 Å². The number of imidazole rings is 1. The van der Waals surface area contributed by atoms with Crippen LogP contribution >= 0.6 is 0 Å². The van der Waals surface area contributed by atoms with Crippen molar-refractivity contribution in [2.24, 2.45) is 0 Å². The molecule has 9 heteroatoms. The van der Waals surface area contributed by atoms with Crippen molar-refractivity contribution in [3.8, 4) is 22.9 Å². The standard InChI is InChI=1S/C34H31N3O6/c38-33(39)24-9-13-31-30(18-24)36-32(37(31)26-4-2-1-3-5-26)23-6-10-27(11-7-23)43-21-25-8-12-28(19-29(25)34(40)41)42-20-22-14-16-35-17-15-22/h6-19,26H,1-5,20-21H2,(H,38,39)(H,40,41). The zero-order valence-corrected chi connectivity index (χ0v) is 23.5. The van der Waals surface area contributed by atoms with Gasteiger partial charge in [-0.3, -0.25) is 4.98 Å². The van der Waals surface area contributed by atoms with Crippen molar-refractivity contribution in [2.45, 2.75) is 51.4 Å². The molecule has 5 aromatic rings. The van der Waals surface area contributed by atoms with Crippen molar-refractivity contribution in [2.75, 3.05) is 0 Å². The number of pyridine rings is 1. The molecule has 3 aromatic carbocycles. The van der Waals surface area contributed by atoms with Crippen LogP contribution in [0.3, 0.4) is 0 Å². The molecular formula is C34H31N3O6. The van der Waals surface area contributed by atoms with Crippen LogP contribution in [0.1, 0.15) is 70.0 Å². The van der Waals surface area contributed by atoms with E-state index in [1.807, 2.05) is 42.5 Å². The summed E-state index contributed by atoms with van der Waals surface area (Å²) in [6.07, 6.45) is 8.99. The number of hydrogen-bond acceptors (Lipinski definition) is 6. The van der Waals surface area contributed by atoms with Gasteiger partial charge in [0.15, 0.2) is 0 Å². The van der Waals surface area contributed by atoms with Crippen LogP contribution in [-0.2, 0) is 13.2 Å². The van der Waals surface area contributed by atoms with Crippen LogP contribution in [0, 0.1) is 0 Å². The summed E-state index contributed by atoms with van der Waals surface area (Å²) in [5.74, 6) is -0.192. The molecule has 0 unspecified atom stereocenters. The van der Waals surface area contributed by atoms with Crippen molar-refractivity contribution < 1.29 is 29.3 Å². The molecule has 0 bridgehead atoms. The molecule has 9 nitrogen and oxygen atoms in total. The largest absolute Gasteiger partial charge is 0.489 e. The normalized spacial score (nSPS) is 13.6. The second-order valence-electron chi connectivity index (χ2n) is 10.7. The first-order valence-corrected chi connectivity index (χ1v) is 14.3. The molecular weight excluding hydrogens is 546 g/mol. The molecule has 43 heavy (non-hydrogen) atoms. The fraction of sp³-hybridized carbons (Fsp3) is 0.235. The molecule has 1 aliphatic carbocycles. The van der Waals surface area contributed by atoms with Crippen LogP contribution in [-0.4, -0.2) is 36.7 Å². The number of nitrogens with zero attached hydrogens (tertiary/aromatic N) is 3. The summed E-state index contributed by atoms with van der Waals surface area (Å²) < 4.78 is 14.0. The molecule has 6 rings (SSSR count). The van der Waals surface area contributed by atoms with E-state index in [0.717, 1.165) is 48.2 Å². The smallest absolute Gasteiger partial charge is 0.336 e. The second-order valence-corrected chi connectivity index (χ2v) is 10.7. The number of carboxylic acid groups (broad SMARTS) is 2. The fourth-order valence-electron chi connectivity index (χ4n) is 5.62. The molecule has 1 aliphatic rings. The summed E-state index contributed by atoms with van der Waals surface area (Å²) in [6, 6.07) is 21.6. The van der Waals surface area contributed by atoms with E-state index in [4.69, 9.17) is 14.5 Å². The monoisotopic (exact) mass is 577 g/mol. The molecule has 0 amide bonds. The number of rotatable bonds is 10. The van der Waals surface area contributed by atoms with E-state index in [1.165, 1.54) is 12.5 Å². The average molecular weight is 578 g/mol. The summed E-state index contributed by atoms with van der Waals surface area (Å²) in [4.78, 5) is 32.4. The SMILES string of the molecule is O=C(O)c1ccc2c(c1)nc(-c1ccc(OCc3ccc(OCc4ccncc4)cc3C(=O)O)cc1)n2C1CCCCC1. The summed E-state index contributed by atoms with van der Waals surface area (Å²) in [6.45, 7) is 0.378. The number of hydrogen-bond donors (Lipinski definition) is 2. The summed E-state index contributed by atoms with van der Waals surface area (Å²) >= 11 is 0. The van der Waals surface area contributed by atoms with Gasteiger partial charge in [-0.05, 0) is 85.1 Å². The highest BCUT2D eigenvalue weighted by Crippen LogP contribution is 2.36. The number of fused-ring (bicyclic) bond motifs is 1. The van der Waals surface area contributed by atoms with Crippen molar-refractivity contribution >= 4 is 23.0 Å². The number of aromatic carboxylic acids is 2. The maximum Gasteiger partial charge on any atom is 0.336 e. The van der Waals surface area contributed by atoms with Crippen LogP contribution in [0.5, 0.6) is 11.5 Å². The average Bonchev–Trinajstić information content (AvgIpc) is 3.43. The third kappa shape index (κ3) is 6.21. The van der Waals surface area contributed by atoms with Gasteiger partial charge in [0.25, 0.3) is 0 Å². The molecule has 1 saturated carbocycles. The minimum Gasteiger partial charge on any atom is -0.489 e. The first-order chi connectivity index (χ1) is 21.0. The lowest BCUT2D eigenvalue weighted by molar-refractivity contribution is 0.0684. The van der Waals surface area contributed by atoms with Crippen LogP contribution in [0.25, 0.3) is 22.4 Å². The quantitative estimate of drug-likeness (QED) is 0.179. The number of benzene rings is 3. The zero-order valence-electron chi connectivity index (χ0n) is 23.5. The van der Waals surface area contributed by atoms with Gasteiger partial charge in [0.1, 0.15) is 30.5 Å². The number of carboxylic acids is 2. The highest BCUT2D eigenvalue weighted by molar-refractivity contribution is 5.93. The van der Waals surface area contributed by atoms with Crippen LogP contribution < -0.4 is 9.47 Å².